The van der Waals surface area contributed by atoms with Gasteiger partial charge in [-0.05, 0) is 31.0 Å². The highest BCUT2D eigenvalue weighted by Crippen LogP contribution is 2.37. The topological polar surface area (TPSA) is 70.3 Å². The van der Waals surface area contributed by atoms with Gasteiger partial charge in [0.25, 0.3) is 0 Å². The number of halogens is 3. The van der Waals surface area contributed by atoms with E-state index in [-0.39, 0.29) is 12.0 Å². The number of nitriles is 1. The first-order chi connectivity index (χ1) is 9.79. The Morgan fingerprint density at radius 1 is 1.48 bits per heavy atom. The molecule has 0 spiro atoms. The molecule has 1 aromatic carbocycles. The Kier molecular flexibility index (Phi) is 5.59. The lowest BCUT2D eigenvalue weighted by Crippen LogP contribution is -2.28. The molecule has 0 saturated carbocycles. The fourth-order valence-electron chi connectivity index (χ4n) is 1.70. The Labute approximate surface area is 119 Å². The molecular formula is C14H14F3NO3. The summed E-state index contributed by atoms with van der Waals surface area (Å²) < 4.78 is 43.8. The van der Waals surface area contributed by atoms with E-state index >= 15 is 0 Å². The molecule has 1 aromatic rings. The Hall–Kier alpha value is -2.23. The van der Waals surface area contributed by atoms with Crippen LogP contribution in [0.1, 0.15) is 37.3 Å². The molecule has 0 aliphatic heterocycles. The Morgan fingerprint density at radius 2 is 2.14 bits per heavy atom. The van der Waals surface area contributed by atoms with Crippen LogP contribution in [0.3, 0.4) is 0 Å². The fourth-order valence-corrected chi connectivity index (χ4v) is 1.70. The monoisotopic (exact) mass is 301 g/mol. The number of carbonyl (C=O) groups is 1. The van der Waals surface area contributed by atoms with Crippen molar-refractivity contribution in [2.24, 2.45) is 0 Å². The highest BCUT2D eigenvalue weighted by Gasteiger charge is 2.36. The normalized spacial score (nSPS) is 12.5. The molecule has 0 aromatic heterocycles. The summed E-state index contributed by atoms with van der Waals surface area (Å²) in [5, 5.41) is 17.6. The van der Waals surface area contributed by atoms with Gasteiger partial charge in [0.05, 0.1) is 17.2 Å². The van der Waals surface area contributed by atoms with Crippen LogP contribution in [0.25, 0.3) is 0 Å². The number of aliphatic carboxylic acids is 1. The van der Waals surface area contributed by atoms with E-state index in [1.807, 2.05) is 6.92 Å². The minimum Gasteiger partial charge on any atom is -0.479 e. The molecule has 0 aliphatic rings. The number of benzene rings is 1. The van der Waals surface area contributed by atoms with Gasteiger partial charge in [-0.2, -0.15) is 18.4 Å². The van der Waals surface area contributed by atoms with Crippen molar-refractivity contribution in [2.75, 3.05) is 0 Å². The predicted octanol–water partition coefficient (Wildman–Crippen LogP) is 3.60. The first-order valence-corrected chi connectivity index (χ1v) is 6.30. The standard InChI is InChI=1S/C14H14F3NO3/c1-2-3-4-12(13(19)20)21-11-6-5-9(8-18)7-10(11)14(15,16)17/h5-7,12H,2-4H2,1H3,(H,19,20). The number of hydrogen-bond acceptors (Lipinski definition) is 3. The maximum absolute atomic E-state index is 12.9. The van der Waals surface area contributed by atoms with Gasteiger partial charge in [0.15, 0.2) is 6.10 Å². The van der Waals surface area contributed by atoms with Crippen molar-refractivity contribution in [3.8, 4) is 11.8 Å². The van der Waals surface area contributed by atoms with Gasteiger partial charge in [0.1, 0.15) is 5.75 Å². The van der Waals surface area contributed by atoms with Crippen LogP contribution >= 0.6 is 0 Å². The van der Waals surface area contributed by atoms with Crippen molar-refractivity contribution in [3.63, 3.8) is 0 Å². The zero-order valence-corrected chi connectivity index (χ0v) is 11.3. The van der Waals surface area contributed by atoms with Crippen molar-refractivity contribution in [3.05, 3.63) is 29.3 Å². The lowest BCUT2D eigenvalue weighted by molar-refractivity contribution is -0.148. The molecule has 1 N–H and O–H groups in total. The highest BCUT2D eigenvalue weighted by molar-refractivity contribution is 5.72. The molecule has 4 nitrogen and oxygen atoms in total. The Bertz CT molecular complexity index is 549. The molecule has 1 atom stereocenters. The summed E-state index contributed by atoms with van der Waals surface area (Å²) in [5.41, 5.74) is -1.32. The molecule has 0 saturated heterocycles. The predicted molar refractivity (Wildman–Crippen MR) is 67.7 cm³/mol. The smallest absolute Gasteiger partial charge is 0.420 e. The van der Waals surface area contributed by atoms with E-state index in [1.165, 1.54) is 0 Å². The van der Waals surface area contributed by atoms with Gasteiger partial charge < -0.3 is 9.84 Å². The summed E-state index contributed by atoms with van der Waals surface area (Å²) in [6, 6.07) is 4.38. The lowest BCUT2D eigenvalue weighted by Gasteiger charge is -2.18. The van der Waals surface area contributed by atoms with Crippen LogP contribution in [0.4, 0.5) is 13.2 Å². The first-order valence-electron chi connectivity index (χ1n) is 6.30. The van der Waals surface area contributed by atoms with Gasteiger partial charge in [-0.15, -0.1) is 0 Å². The molecule has 114 valence electrons. The Balaban J connectivity index is 3.11. The van der Waals surface area contributed by atoms with Crippen LogP contribution in [-0.2, 0) is 11.0 Å². The van der Waals surface area contributed by atoms with Crippen LogP contribution < -0.4 is 4.74 Å². The SMILES string of the molecule is CCCCC(Oc1ccc(C#N)cc1C(F)(F)F)C(=O)O. The van der Waals surface area contributed by atoms with Crippen LogP contribution in [0.15, 0.2) is 18.2 Å². The minimum absolute atomic E-state index is 0.114. The number of rotatable bonds is 6. The Morgan fingerprint density at radius 3 is 2.62 bits per heavy atom. The number of hydrogen-bond donors (Lipinski definition) is 1. The zero-order chi connectivity index (χ0) is 16.0. The van der Waals surface area contributed by atoms with Gasteiger partial charge in [0, 0.05) is 0 Å². The van der Waals surface area contributed by atoms with E-state index in [4.69, 9.17) is 15.1 Å². The molecule has 0 bridgehead atoms. The molecule has 0 fully saturated rings. The molecule has 1 rings (SSSR count). The van der Waals surface area contributed by atoms with E-state index in [0.29, 0.717) is 18.9 Å². The number of alkyl halides is 3. The second-order valence-electron chi connectivity index (χ2n) is 4.41. The van der Waals surface area contributed by atoms with E-state index in [2.05, 4.69) is 0 Å². The number of ether oxygens (including phenoxy) is 1. The second kappa shape index (κ2) is 6.97. The summed E-state index contributed by atoms with van der Waals surface area (Å²) in [6.07, 6.45) is -4.74. The maximum atomic E-state index is 12.9. The van der Waals surface area contributed by atoms with Crippen LogP contribution in [-0.4, -0.2) is 17.2 Å². The number of unbranched alkanes of at least 4 members (excludes halogenated alkanes) is 1. The summed E-state index contributed by atoms with van der Waals surface area (Å²) in [7, 11) is 0. The summed E-state index contributed by atoms with van der Waals surface area (Å²) in [5.74, 6) is -1.90. The molecule has 21 heavy (non-hydrogen) atoms. The first kappa shape index (κ1) is 16.8. The van der Waals surface area contributed by atoms with Crippen molar-refractivity contribution >= 4 is 5.97 Å². The van der Waals surface area contributed by atoms with Crippen molar-refractivity contribution < 1.29 is 27.8 Å². The lowest BCUT2D eigenvalue weighted by atomic mass is 10.1. The third-order valence-corrected chi connectivity index (χ3v) is 2.78. The summed E-state index contributed by atoms with van der Waals surface area (Å²) >= 11 is 0. The van der Waals surface area contributed by atoms with E-state index in [1.54, 1.807) is 6.07 Å². The van der Waals surface area contributed by atoms with Crippen LogP contribution in [0.5, 0.6) is 5.75 Å². The van der Waals surface area contributed by atoms with Gasteiger partial charge in [0.2, 0.25) is 0 Å². The molecule has 1 unspecified atom stereocenters. The van der Waals surface area contributed by atoms with Gasteiger partial charge in [-0.25, -0.2) is 4.79 Å². The van der Waals surface area contributed by atoms with E-state index < -0.39 is 29.6 Å². The van der Waals surface area contributed by atoms with Crippen molar-refractivity contribution in [2.45, 2.75) is 38.5 Å². The maximum Gasteiger partial charge on any atom is 0.420 e. The highest BCUT2D eigenvalue weighted by atomic mass is 19.4. The summed E-state index contributed by atoms with van der Waals surface area (Å²) in [6.45, 7) is 1.84. The van der Waals surface area contributed by atoms with Gasteiger partial charge in [-0.3, -0.25) is 0 Å². The average molecular weight is 301 g/mol. The number of carboxylic acids is 1. The van der Waals surface area contributed by atoms with Crippen LogP contribution in [0.2, 0.25) is 0 Å². The van der Waals surface area contributed by atoms with E-state index in [0.717, 1.165) is 12.1 Å². The molecule has 0 radical (unpaired) electrons. The quantitative estimate of drug-likeness (QED) is 0.871. The minimum atomic E-state index is -4.73. The van der Waals surface area contributed by atoms with Crippen LogP contribution in [0, 0.1) is 11.3 Å². The summed E-state index contributed by atoms with van der Waals surface area (Å²) in [4.78, 5) is 11.0. The average Bonchev–Trinajstić information content (AvgIpc) is 2.42. The molecule has 0 amide bonds. The third kappa shape index (κ3) is 4.67. The van der Waals surface area contributed by atoms with Gasteiger partial charge in [-0.1, -0.05) is 13.3 Å². The number of carboxylic acid groups (broad SMARTS) is 1. The van der Waals surface area contributed by atoms with E-state index in [9.17, 15) is 18.0 Å². The molecular weight excluding hydrogens is 287 g/mol. The number of nitrogens with zero attached hydrogens (tertiary/aromatic N) is 1. The third-order valence-electron chi connectivity index (χ3n) is 2.78. The molecule has 7 heteroatoms. The largest absolute Gasteiger partial charge is 0.479 e. The van der Waals surface area contributed by atoms with Crippen molar-refractivity contribution in [1.29, 1.82) is 5.26 Å². The zero-order valence-electron chi connectivity index (χ0n) is 11.3. The fraction of sp³-hybridized carbons (Fsp3) is 0.429. The molecule has 0 heterocycles. The second-order valence-corrected chi connectivity index (χ2v) is 4.41. The van der Waals surface area contributed by atoms with Gasteiger partial charge >= 0.3 is 12.1 Å². The molecule has 0 aliphatic carbocycles. The van der Waals surface area contributed by atoms with Crippen molar-refractivity contribution in [1.82, 2.24) is 0 Å².